The van der Waals surface area contributed by atoms with Gasteiger partial charge >= 0.3 is 12.3 Å². The Balaban J connectivity index is 1.65. The van der Waals surface area contributed by atoms with Crippen LogP contribution in [0.4, 0.5) is 22.4 Å². The fraction of sp³-hybridized carbons (Fsp3) is 0.588. The molecule has 1 aliphatic heterocycles. The number of alkyl halides is 3. The van der Waals surface area contributed by atoms with Crippen LogP contribution in [0.3, 0.4) is 0 Å². The first-order valence-corrected chi connectivity index (χ1v) is 8.26. The standard InChI is InChI=1S/C17H20F4N2O2/c1-23-8-2-3-12(23)10-22-15(24)25-16(6-7-16)11-4-5-14(18)13(9-11)17(19,20)21/h4-5,9,12H,2-3,6-8,10H2,1H3,(H,22,24). The summed E-state index contributed by atoms with van der Waals surface area (Å²) in [5, 5.41) is 2.68. The van der Waals surface area contributed by atoms with Crippen LogP contribution in [0.15, 0.2) is 18.2 Å². The third kappa shape index (κ3) is 3.89. The van der Waals surface area contributed by atoms with E-state index in [-0.39, 0.29) is 11.6 Å². The summed E-state index contributed by atoms with van der Waals surface area (Å²) in [6.07, 6.45) is -2.55. The summed E-state index contributed by atoms with van der Waals surface area (Å²) >= 11 is 0. The minimum atomic E-state index is -4.79. The number of nitrogens with zero attached hydrogens (tertiary/aromatic N) is 1. The molecule has 8 heteroatoms. The van der Waals surface area contributed by atoms with Gasteiger partial charge in [-0.2, -0.15) is 13.2 Å². The molecule has 1 aromatic carbocycles. The van der Waals surface area contributed by atoms with Crippen molar-refractivity contribution in [2.45, 2.75) is 43.5 Å². The molecule has 1 N–H and O–H groups in total. The van der Waals surface area contributed by atoms with E-state index in [0.29, 0.717) is 19.4 Å². The summed E-state index contributed by atoms with van der Waals surface area (Å²) in [6.45, 7) is 1.41. The van der Waals surface area contributed by atoms with Crippen LogP contribution in [0.1, 0.15) is 36.8 Å². The van der Waals surface area contributed by atoms with Crippen LogP contribution in [0.5, 0.6) is 0 Å². The van der Waals surface area contributed by atoms with Crippen molar-refractivity contribution >= 4 is 6.09 Å². The summed E-state index contributed by atoms with van der Waals surface area (Å²) in [4.78, 5) is 14.2. The quantitative estimate of drug-likeness (QED) is 0.834. The van der Waals surface area contributed by atoms with Crippen LogP contribution in [-0.4, -0.2) is 37.2 Å². The number of halogens is 4. The molecule has 0 radical (unpaired) electrons. The average Bonchev–Trinajstić information content (AvgIpc) is 3.18. The van der Waals surface area contributed by atoms with Gasteiger partial charge in [0.25, 0.3) is 0 Å². The number of ether oxygens (including phenoxy) is 1. The second kappa shape index (κ2) is 6.48. The number of benzene rings is 1. The molecule has 2 aliphatic rings. The summed E-state index contributed by atoms with van der Waals surface area (Å²) in [5.41, 5.74) is -2.25. The molecule has 3 rings (SSSR count). The third-order valence-corrected chi connectivity index (χ3v) is 4.94. The molecule has 1 aromatic rings. The van der Waals surface area contributed by atoms with E-state index in [4.69, 9.17) is 4.74 Å². The van der Waals surface area contributed by atoms with Crippen molar-refractivity contribution in [1.82, 2.24) is 10.2 Å². The smallest absolute Gasteiger partial charge is 0.419 e. The summed E-state index contributed by atoms with van der Waals surface area (Å²) in [6, 6.07) is 2.99. The van der Waals surface area contributed by atoms with Gasteiger partial charge in [-0.15, -0.1) is 0 Å². The van der Waals surface area contributed by atoms with Crippen molar-refractivity contribution in [2.75, 3.05) is 20.1 Å². The lowest BCUT2D eigenvalue weighted by Crippen LogP contribution is -2.39. The van der Waals surface area contributed by atoms with Gasteiger partial charge in [-0.05, 0) is 57.0 Å². The Labute approximate surface area is 143 Å². The van der Waals surface area contributed by atoms with Gasteiger partial charge < -0.3 is 15.0 Å². The predicted octanol–water partition coefficient (Wildman–Crippen LogP) is 3.65. The van der Waals surface area contributed by atoms with E-state index < -0.39 is 29.3 Å². The van der Waals surface area contributed by atoms with Gasteiger partial charge in [0, 0.05) is 12.6 Å². The number of hydrogen-bond donors (Lipinski definition) is 1. The molecule has 2 fully saturated rings. The zero-order valence-electron chi connectivity index (χ0n) is 13.8. The van der Waals surface area contributed by atoms with E-state index in [2.05, 4.69) is 10.2 Å². The molecule has 1 amide bonds. The lowest BCUT2D eigenvalue weighted by Gasteiger charge is -2.22. The number of nitrogens with one attached hydrogen (secondary N) is 1. The molecule has 1 heterocycles. The highest BCUT2D eigenvalue weighted by Crippen LogP contribution is 2.50. The van der Waals surface area contributed by atoms with Crippen molar-refractivity contribution in [1.29, 1.82) is 0 Å². The normalized spacial score (nSPS) is 22.7. The lowest BCUT2D eigenvalue weighted by molar-refractivity contribution is -0.140. The second-order valence-corrected chi connectivity index (χ2v) is 6.73. The van der Waals surface area contributed by atoms with Crippen LogP contribution >= 0.6 is 0 Å². The molecular formula is C17H20F4N2O2. The minimum Gasteiger partial charge on any atom is -0.438 e. The molecule has 138 valence electrons. The molecule has 1 unspecified atom stereocenters. The zero-order chi connectivity index (χ0) is 18.2. The molecule has 0 bridgehead atoms. The maximum absolute atomic E-state index is 13.4. The number of carbonyl (C=O) groups excluding carboxylic acids is 1. The van der Waals surface area contributed by atoms with E-state index in [1.165, 1.54) is 6.07 Å². The third-order valence-electron chi connectivity index (χ3n) is 4.94. The van der Waals surface area contributed by atoms with Gasteiger partial charge in [-0.3, -0.25) is 0 Å². The first-order chi connectivity index (χ1) is 11.7. The average molecular weight is 360 g/mol. The largest absolute Gasteiger partial charge is 0.438 e. The first-order valence-electron chi connectivity index (χ1n) is 8.26. The first kappa shape index (κ1) is 18.0. The Hall–Kier alpha value is -1.83. The Bertz CT molecular complexity index is 659. The highest BCUT2D eigenvalue weighted by molar-refractivity contribution is 5.68. The van der Waals surface area contributed by atoms with Crippen molar-refractivity contribution in [3.8, 4) is 0 Å². The van der Waals surface area contributed by atoms with Crippen molar-refractivity contribution in [2.24, 2.45) is 0 Å². The molecule has 1 saturated heterocycles. The topological polar surface area (TPSA) is 41.6 Å². The van der Waals surface area contributed by atoms with E-state index >= 15 is 0 Å². The summed E-state index contributed by atoms with van der Waals surface area (Å²) in [7, 11) is 1.98. The van der Waals surface area contributed by atoms with Crippen molar-refractivity contribution in [3.05, 3.63) is 35.1 Å². The van der Waals surface area contributed by atoms with Gasteiger partial charge in [-0.25, -0.2) is 9.18 Å². The summed E-state index contributed by atoms with van der Waals surface area (Å²) in [5.74, 6) is -1.33. The van der Waals surface area contributed by atoms with Gasteiger partial charge in [-0.1, -0.05) is 6.07 Å². The number of carbonyl (C=O) groups is 1. The van der Waals surface area contributed by atoms with Gasteiger partial charge in [0.05, 0.1) is 5.56 Å². The van der Waals surface area contributed by atoms with E-state index in [1.54, 1.807) is 0 Å². The summed E-state index contributed by atoms with van der Waals surface area (Å²) < 4.78 is 57.4. The predicted molar refractivity (Wildman–Crippen MR) is 82.4 cm³/mol. The number of likely N-dealkylation sites (tertiary alicyclic amines) is 1. The van der Waals surface area contributed by atoms with Crippen LogP contribution in [0.25, 0.3) is 0 Å². The Morgan fingerprint density at radius 1 is 1.40 bits per heavy atom. The molecule has 1 aliphatic carbocycles. The van der Waals surface area contributed by atoms with E-state index in [9.17, 15) is 22.4 Å². The fourth-order valence-corrected chi connectivity index (χ4v) is 3.24. The van der Waals surface area contributed by atoms with Gasteiger partial charge in [0.1, 0.15) is 11.4 Å². The highest BCUT2D eigenvalue weighted by Gasteiger charge is 2.50. The molecule has 25 heavy (non-hydrogen) atoms. The van der Waals surface area contributed by atoms with Gasteiger partial charge in [0.15, 0.2) is 0 Å². The Morgan fingerprint density at radius 3 is 2.68 bits per heavy atom. The molecule has 4 nitrogen and oxygen atoms in total. The maximum atomic E-state index is 13.4. The lowest BCUT2D eigenvalue weighted by atomic mass is 10.0. The second-order valence-electron chi connectivity index (χ2n) is 6.73. The number of alkyl carbamates (subject to hydrolysis) is 1. The van der Waals surface area contributed by atoms with E-state index in [1.807, 2.05) is 7.05 Å². The number of rotatable bonds is 4. The monoisotopic (exact) mass is 360 g/mol. The zero-order valence-corrected chi connectivity index (χ0v) is 13.8. The molecule has 0 aromatic heterocycles. The van der Waals surface area contributed by atoms with Crippen molar-refractivity contribution < 1.29 is 27.1 Å². The minimum absolute atomic E-state index is 0.175. The van der Waals surface area contributed by atoms with Crippen LogP contribution in [0, 0.1) is 5.82 Å². The molecule has 0 spiro atoms. The van der Waals surface area contributed by atoms with Crippen molar-refractivity contribution in [3.63, 3.8) is 0 Å². The van der Waals surface area contributed by atoms with Crippen LogP contribution in [-0.2, 0) is 16.5 Å². The number of likely N-dealkylation sites (N-methyl/N-ethyl adjacent to an activating group) is 1. The van der Waals surface area contributed by atoms with Crippen LogP contribution < -0.4 is 5.32 Å². The maximum Gasteiger partial charge on any atom is 0.419 e. The fourth-order valence-electron chi connectivity index (χ4n) is 3.24. The Morgan fingerprint density at radius 2 is 2.12 bits per heavy atom. The van der Waals surface area contributed by atoms with Gasteiger partial charge in [0.2, 0.25) is 0 Å². The number of hydrogen-bond acceptors (Lipinski definition) is 3. The van der Waals surface area contributed by atoms with E-state index in [0.717, 1.165) is 31.5 Å². The number of amides is 1. The Kier molecular flexibility index (Phi) is 4.66. The molecular weight excluding hydrogens is 340 g/mol. The molecule has 1 atom stereocenters. The molecule has 1 saturated carbocycles. The highest BCUT2D eigenvalue weighted by atomic mass is 19.4. The SMILES string of the molecule is CN1CCCC1CNC(=O)OC1(c2ccc(F)c(C(F)(F)F)c2)CC1. The van der Waals surface area contributed by atoms with Crippen LogP contribution in [0.2, 0.25) is 0 Å².